The van der Waals surface area contributed by atoms with Crippen LogP contribution >= 0.6 is 0 Å². The minimum Gasteiger partial charge on any atom is -0.350 e. The van der Waals surface area contributed by atoms with Crippen molar-refractivity contribution < 1.29 is 14.3 Å². The molecule has 1 atom stereocenters. The first-order valence-corrected chi connectivity index (χ1v) is 5.85. The van der Waals surface area contributed by atoms with Crippen molar-refractivity contribution in [2.45, 2.75) is 46.3 Å². The Morgan fingerprint density at radius 3 is 2.40 bits per heavy atom. The van der Waals surface area contributed by atoms with E-state index in [0.29, 0.717) is 31.3 Å². The fourth-order valence-electron chi connectivity index (χ4n) is 1.67. The number of carbonyl (C=O) groups is 1. The van der Waals surface area contributed by atoms with E-state index in [0.717, 1.165) is 12.8 Å². The van der Waals surface area contributed by atoms with Crippen molar-refractivity contribution in [1.82, 2.24) is 0 Å². The van der Waals surface area contributed by atoms with Crippen molar-refractivity contribution in [3.63, 3.8) is 0 Å². The van der Waals surface area contributed by atoms with Gasteiger partial charge in [0, 0.05) is 18.8 Å². The normalized spacial score (nSPS) is 19.7. The zero-order valence-electron chi connectivity index (χ0n) is 9.99. The van der Waals surface area contributed by atoms with Crippen molar-refractivity contribution in [1.29, 1.82) is 0 Å². The average Bonchev–Trinajstić information content (AvgIpc) is 2.66. The van der Waals surface area contributed by atoms with Gasteiger partial charge in [-0.05, 0) is 12.3 Å². The smallest absolute Gasteiger partial charge is 0.158 e. The van der Waals surface area contributed by atoms with Gasteiger partial charge in [-0.15, -0.1) is 0 Å². The molecular weight excluding hydrogens is 192 g/mol. The predicted molar refractivity (Wildman–Crippen MR) is 58.6 cm³/mol. The molecule has 1 fully saturated rings. The molecule has 0 spiro atoms. The summed E-state index contributed by atoms with van der Waals surface area (Å²) in [5.74, 6) is 1.02. The maximum absolute atomic E-state index is 11.4. The van der Waals surface area contributed by atoms with Crippen LogP contribution in [-0.4, -0.2) is 25.3 Å². The van der Waals surface area contributed by atoms with Crippen molar-refractivity contribution in [2.24, 2.45) is 11.8 Å². The lowest BCUT2D eigenvalue weighted by atomic mass is 9.96. The van der Waals surface area contributed by atoms with E-state index in [1.165, 1.54) is 0 Å². The van der Waals surface area contributed by atoms with E-state index in [2.05, 4.69) is 6.92 Å². The van der Waals surface area contributed by atoms with Crippen molar-refractivity contribution >= 4 is 5.78 Å². The summed E-state index contributed by atoms with van der Waals surface area (Å²) in [6.45, 7) is 7.48. The van der Waals surface area contributed by atoms with Crippen LogP contribution in [-0.2, 0) is 14.3 Å². The van der Waals surface area contributed by atoms with Crippen molar-refractivity contribution in [3.05, 3.63) is 0 Å². The Morgan fingerprint density at radius 2 is 1.87 bits per heavy atom. The molecule has 0 amide bonds. The van der Waals surface area contributed by atoms with Gasteiger partial charge in [-0.3, -0.25) is 4.79 Å². The van der Waals surface area contributed by atoms with Crippen LogP contribution in [0.3, 0.4) is 0 Å². The summed E-state index contributed by atoms with van der Waals surface area (Å²) in [5, 5.41) is 0. The molecule has 0 aromatic heterocycles. The zero-order valence-corrected chi connectivity index (χ0v) is 9.99. The minimum atomic E-state index is -0.0332. The number of rotatable bonds is 6. The molecule has 1 rings (SSSR count). The van der Waals surface area contributed by atoms with Gasteiger partial charge in [0.1, 0.15) is 5.78 Å². The number of Topliss-reactive ketones (excluding diaryl/α,β-unsaturated/α-hetero) is 1. The van der Waals surface area contributed by atoms with Gasteiger partial charge >= 0.3 is 0 Å². The van der Waals surface area contributed by atoms with Crippen LogP contribution in [0.5, 0.6) is 0 Å². The fourth-order valence-corrected chi connectivity index (χ4v) is 1.67. The van der Waals surface area contributed by atoms with Gasteiger partial charge in [0.2, 0.25) is 0 Å². The molecule has 1 aliphatic heterocycles. The summed E-state index contributed by atoms with van der Waals surface area (Å²) in [5.41, 5.74) is 0. The molecule has 0 N–H and O–H groups in total. The van der Waals surface area contributed by atoms with Gasteiger partial charge in [0.25, 0.3) is 0 Å². The molecule has 0 aliphatic carbocycles. The summed E-state index contributed by atoms with van der Waals surface area (Å²) in [7, 11) is 0. The standard InChI is InChI=1S/C12H22O3/c1-9(2)11(13)5-4-10(3)8-12-14-6-7-15-12/h9-10,12H,4-8H2,1-3H3/t10-/m1/s1. The first kappa shape index (κ1) is 12.7. The lowest BCUT2D eigenvalue weighted by Gasteiger charge is -2.15. The lowest BCUT2D eigenvalue weighted by molar-refractivity contribution is -0.122. The molecular formula is C12H22O3. The molecule has 1 heterocycles. The maximum atomic E-state index is 11.4. The number of hydrogen-bond donors (Lipinski definition) is 0. The molecule has 88 valence electrons. The molecule has 0 unspecified atom stereocenters. The second-order valence-corrected chi connectivity index (χ2v) is 4.67. The van der Waals surface area contributed by atoms with E-state index in [1.54, 1.807) is 0 Å². The third kappa shape index (κ3) is 4.76. The summed E-state index contributed by atoms with van der Waals surface area (Å²) in [6.07, 6.45) is 2.51. The summed E-state index contributed by atoms with van der Waals surface area (Å²) in [6, 6.07) is 0. The van der Waals surface area contributed by atoms with E-state index >= 15 is 0 Å². The molecule has 0 radical (unpaired) electrons. The Kier molecular flexibility index (Phi) is 5.26. The Hall–Kier alpha value is -0.410. The van der Waals surface area contributed by atoms with Crippen LogP contribution in [0.25, 0.3) is 0 Å². The number of carbonyl (C=O) groups excluding carboxylic acids is 1. The number of ether oxygens (including phenoxy) is 2. The molecule has 3 nitrogen and oxygen atoms in total. The quantitative estimate of drug-likeness (QED) is 0.681. The highest BCUT2D eigenvalue weighted by molar-refractivity contribution is 5.80. The minimum absolute atomic E-state index is 0.0332. The third-order valence-corrected chi connectivity index (χ3v) is 2.81. The van der Waals surface area contributed by atoms with E-state index in [4.69, 9.17) is 9.47 Å². The molecule has 15 heavy (non-hydrogen) atoms. The molecule has 1 saturated heterocycles. The van der Waals surface area contributed by atoms with E-state index in [1.807, 2.05) is 13.8 Å². The Balaban J connectivity index is 2.12. The molecule has 1 aliphatic rings. The van der Waals surface area contributed by atoms with Crippen LogP contribution in [0, 0.1) is 11.8 Å². The average molecular weight is 214 g/mol. The fraction of sp³-hybridized carbons (Fsp3) is 0.917. The van der Waals surface area contributed by atoms with E-state index < -0.39 is 0 Å². The second kappa shape index (κ2) is 6.23. The summed E-state index contributed by atoms with van der Waals surface area (Å²) < 4.78 is 10.7. The molecule has 0 bridgehead atoms. The summed E-state index contributed by atoms with van der Waals surface area (Å²) in [4.78, 5) is 11.4. The van der Waals surface area contributed by atoms with Gasteiger partial charge in [-0.1, -0.05) is 20.8 Å². The Morgan fingerprint density at radius 1 is 1.27 bits per heavy atom. The van der Waals surface area contributed by atoms with Gasteiger partial charge < -0.3 is 9.47 Å². The number of hydrogen-bond acceptors (Lipinski definition) is 3. The first-order valence-electron chi connectivity index (χ1n) is 5.85. The third-order valence-electron chi connectivity index (χ3n) is 2.81. The monoisotopic (exact) mass is 214 g/mol. The van der Waals surface area contributed by atoms with Crippen LogP contribution in [0.15, 0.2) is 0 Å². The first-order chi connectivity index (χ1) is 7.09. The molecule has 0 aromatic rings. The highest BCUT2D eigenvalue weighted by atomic mass is 16.7. The SMILES string of the molecule is CC(C)C(=O)CC[C@@H](C)CC1OCCO1. The number of ketones is 1. The van der Waals surface area contributed by atoms with Gasteiger partial charge in [-0.25, -0.2) is 0 Å². The predicted octanol–water partition coefficient (Wildman–Crippen LogP) is 2.39. The highest BCUT2D eigenvalue weighted by Gasteiger charge is 2.19. The van der Waals surface area contributed by atoms with Gasteiger partial charge in [-0.2, -0.15) is 0 Å². The van der Waals surface area contributed by atoms with Crippen LogP contribution < -0.4 is 0 Å². The second-order valence-electron chi connectivity index (χ2n) is 4.67. The van der Waals surface area contributed by atoms with Gasteiger partial charge in [0.15, 0.2) is 6.29 Å². The molecule has 0 saturated carbocycles. The lowest BCUT2D eigenvalue weighted by Crippen LogP contribution is -2.14. The van der Waals surface area contributed by atoms with Crippen LogP contribution in [0.4, 0.5) is 0 Å². The topological polar surface area (TPSA) is 35.5 Å². The van der Waals surface area contributed by atoms with Crippen molar-refractivity contribution in [2.75, 3.05) is 13.2 Å². The zero-order chi connectivity index (χ0) is 11.3. The summed E-state index contributed by atoms with van der Waals surface area (Å²) >= 11 is 0. The van der Waals surface area contributed by atoms with Crippen LogP contribution in [0.2, 0.25) is 0 Å². The molecule has 0 aromatic carbocycles. The Labute approximate surface area is 92.1 Å². The van der Waals surface area contributed by atoms with Crippen molar-refractivity contribution in [3.8, 4) is 0 Å². The maximum Gasteiger partial charge on any atom is 0.158 e. The van der Waals surface area contributed by atoms with E-state index in [9.17, 15) is 4.79 Å². The van der Waals surface area contributed by atoms with Gasteiger partial charge in [0.05, 0.1) is 13.2 Å². The van der Waals surface area contributed by atoms with Crippen LogP contribution in [0.1, 0.15) is 40.0 Å². The Bertz CT molecular complexity index is 195. The molecule has 3 heteroatoms. The largest absolute Gasteiger partial charge is 0.350 e. The highest BCUT2D eigenvalue weighted by Crippen LogP contribution is 2.19. The van der Waals surface area contributed by atoms with E-state index in [-0.39, 0.29) is 12.2 Å².